The van der Waals surface area contributed by atoms with Gasteiger partial charge in [-0.25, -0.2) is 4.98 Å². The predicted octanol–water partition coefficient (Wildman–Crippen LogP) is 2.04. The van der Waals surface area contributed by atoms with Crippen LogP contribution in [0.1, 0.15) is 11.3 Å². The van der Waals surface area contributed by atoms with Gasteiger partial charge in [0, 0.05) is 55.4 Å². The molecule has 2 aromatic heterocycles. The molecule has 0 atom stereocenters. The first-order valence-corrected chi connectivity index (χ1v) is 10.7. The number of aromatic nitrogens is 2. The Morgan fingerprint density at radius 2 is 2.00 bits per heavy atom. The molecule has 0 spiro atoms. The topological polar surface area (TPSA) is 93.7 Å². The van der Waals surface area contributed by atoms with Crippen LogP contribution in [0.15, 0.2) is 40.6 Å². The van der Waals surface area contributed by atoms with Crippen LogP contribution in [0.3, 0.4) is 0 Å². The predicted molar refractivity (Wildman–Crippen MR) is 116 cm³/mol. The molecule has 0 unspecified atom stereocenters. The number of thiazole rings is 1. The average molecular weight is 443 g/mol. The van der Waals surface area contributed by atoms with E-state index in [0.717, 1.165) is 31.9 Å². The van der Waals surface area contributed by atoms with E-state index in [-0.39, 0.29) is 18.0 Å². The van der Waals surface area contributed by atoms with Crippen LogP contribution >= 0.6 is 22.9 Å². The number of hydrogen-bond acceptors (Lipinski definition) is 7. The number of anilines is 1. The van der Waals surface area contributed by atoms with E-state index in [2.05, 4.69) is 26.2 Å². The summed E-state index contributed by atoms with van der Waals surface area (Å²) >= 11 is 7.41. The lowest BCUT2D eigenvalue weighted by Crippen LogP contribution is -2.48. The van der Waals surface area contributed by atoms with Gasteiger partial charge in [0.2, 0.25) is 5.91 Å². The third-order valence-corrected chi connectivity index (χ3v) is 5.94. The highest BCUT2D eigenvalue weighted by atomic mass is 35.5. The number of carbonyl (C=O) groups is 1. The van der Waals surface area contributed by atoms with Crippen LogP contribution in [0.2, 0.25) is 5.02 Å². The molecular formula is C20H19ClN6O2S. The van der Waals surface area contributed by atoms with Crippen LogP contribution in [-0.4, -0.2) is 57.8 Å². The molecule has 0 saturated carbocycles. The Bertz CT molecular complexity index is 1180. The summed E-state index contributed by atoms with van der Waals surface area (Å²) in [4.78, 5) is 34.1. The first kappa shape index (κ1) is 20.5. The lowest BCUT2D eigenvalue weighted by molar-refractivity contribution is -0.117. The lowest BCUT2D eigenvalue weighted by atomic mass is 10.2. The van der Waals surface area contributed by atoms with Gasteiger partial charge in [0.15, 0.2) is 4.96 Å². The van der Waals surface area contributed by atoms with E-state index in [1.807, 2.05) is 5.38 Å². The smallest absolute Gasteiger partial charge is 0.258 e. The molecule has 4 rings (SSSR count). The van der Waals surface area contributed by atoms with E-state index in [0.29, 0.717) is 27.8 Å². The fourth-order valence-electron chi connectivity index (χ4n) is 3.41. The number of nitrogens with one attached hydrogen (secondary N) is 1. The molecule has 1 fully saturated rings. The molecule has 1 amide bonds. The summed E-state index contributed by atoms with van der Waals surface area (Å²) < 4.78 is 1.54. The highest BCUT2D eigenvalue weighted by Gasteiger charge is 2.20. The van der Waals surface area contributed by atoms with Gasteiger partial charge in [-0.3, -0.25) is 23.8 Å². The Balaban J connectivity index is 1.30. The van der Waals surface area contributed by atoms with Crippen molar-refractivity contribution in [2.24, 2.45) is 0 Å². The molecule has 0 radical (unpaired) electrons. The van der Waals surface area contributed by atoms with E-state index < -0.39 is 0 Å². The highest BCUT2D eigenvalue weighted by molar-refractivity contribution is 7.15. The molecule has 1 aliphatic heterocycles. The van der Waals surface area contributed by atoms with Gasteiger partial charge in [0.1, 0.15) is 6.07 Å². The van der Waals surface area contributed by atoms with Crippen molar-refractivity contribution in [3.63, 3.8) is 0 Å². The minimum atomic E-state index is -0.181. The molecule has 1 saturated heterocycles. The van der Waals surface area contributed by atoms with Crippen LogP contribution in [0.25, 0.3) is 4.96 Å². The summed E-state index contributed by atoms with van der Waals surface area (Å²) in [6, 6.07) is 8.42. The number of fused-ring (bicyclic) bond motifs is 1. The van der Waals surface area contributed by atoms with E-state index in [1.165, 1.54) is 11.3 Å². The van der Waals surface area contributed by atoms with E-state index in [1.54, 1.807) is 34.9 Å². The summed E-state index contributed by atoms with van der Waals surface area (Å²) in [5, 5.41) is 14.3. The summed E-state index contributed by atoms with van der Waals surface area (Å²) in [7, 11) is 0. The van der Waals surface area contributed by atoms with Crippen molar-refractivity contribution in [3.05, 3.63) is 62.5 Å². The van der Waals surface area contributed by atoms with Gasteiger partial charge in [0.05, 0.1) is 23.5 Å². The third kappa shape index (κ3) is 4.68. The number of halogens is 1. The minimum Gasteiger partial charge on any atom is -0.324 e. The first-order chi connectivity index (χ1) is 14.5. The van der Waals surface area contributed by atoms with Crippen molar-refractivity contribution in [2.45, 2.75) is 6.54 Å². The van der Waals surface area contributed by atoms with Gasteiger partial charge in [-0.05, 0) is 18.2 Å². The monoisotopic (exact) mass is 442 g/mol. The second-order valence-electron chi connectivity index (χ2n) is 7.04. The van der Waals surface area contributed by atoms with Crippen LogP contribution in [0, 0.1) is 11.3 Å². The van der Waals surface area contributed by atoms with E-state index >= 15 is 0 Å². The van der Waals surface area contributed by atoms with Crippen molar-refractivity contribution < 1.29 is 4.79 Å². The number of nitriles is 1. The van der Waals surface area contributed by atoms with Crippen molar-refractivity contribution in [2.75, 3.05) is 38.0 Å². The molecule has 0 aliphatic carbocycles. The molecule has 8 nitrogen and oxygen atoms in total. The number of benzene rings is 1. The normalized spacial score (nSPS) is 15.2. The minimum absolute atomic E-state index is 0.0655. The Labute approximate surface area is 181 Å². The summed E-state index contributed by atoms with van der Waals surface area (Å²) in [5.41, 5.74) is 1.50. The molecule has 30 heavy (non-hydrogen) atoms. The third-order valence-electron chi connectivity index (χ3n) is 4.95. The first-order valence-electron chi connectivity index (χ1n) is 9.42. The maximum absolute atomic E-state index is 12.4. The number of nitrogens with zero attached hydrogens (tertiary/aromatic N) is 5. The fourth-order valence-corrected chi connectivity index (χ4v) is 4.32. The number of piperazine rings is 1. The Morgan fingerprint density at radius 1 is 1.23 bits per heavy atom. The SMILES string of the molecule is N#Cc1ccc(Cl)cc1NC(=O)CN1CCN(Cc2cc(=O)n3ccsc3n2)CC1. The molecule has 0 bridgehead atoms. The maximum atomic E-state index is 12.4. The molecule has 1 N–H and O–H groups in total. The summed E-state index contributed by atoms with van der Waals surface area (Å²) in [6.45, 7) is 3.87. The van der Waals surface area contributed by atoms with Gasteiger partial charge in [-0.15, -0.1) is 11.3 Å². The zero-order valence-electron chi connectivity index (χ0n) is 16.0. The van der Waals surface area contributed by atoms with Crippen LogP contribution < -0.4 is 10.9 Å². The largest absolute Gasteiger partial charge is 0.324 e. The van der Waals surface area contributed by atoms with Crippen molar-refractivity contribution in [1.82, 2.24) is 19.2 Å². The van der Waals surface area contributed by atoms with Crippen molar-refractivity contribution in [1.29, 1.82) is 5.26 Å². The second kappa shape index (κ2) is 8.93. The Kier molecular flexibility index (Phi) is 6.11. The lowest BCUT2D eigenvalue weighted by Gasteiger charge is -2.34. The van der Waals surface area contributed by atoms with Crippen LogP contribution in [-0.2, 0) is 11.3 Å². The standard InChI is InChI=1S/C20H19ClN6O2S/c21-15-2-1-14(11-22)17(9-15)24-18(28)13-26-5-3-25(4-6-26)12-16-10-19(29)27-7-8-30-20(27)23-16/h1-2,7-10H,3-6,12-13H2,(H,24,28). The van der Waals surface area contributed by atoms with Crippen LogP contribution in [0.5, 0.6) is 0 Å². The summed E-state index contributed by atoms with van der Waals surface area (Å²) in [5.74, 6) is -0.181. The number of carbonyl (C=O) groups excluding carboxylic acids is 1. The van der Waals surface area contributed by atoms with E-state index in [9.17, 15) is 14.9 Å². The fraction of sp³-hybridized carbons (Fsp3) is 0.300. The van der Waals surface area contributed by atoms with Gasteiger partial charge < -0.3 is 5.32 Å². The second-order valence-corrected chi connectivity index (χ2v) is 8.35. The molecule has 1 aromatic carbocycles. The van der Waals surface area contributed by atoms with E-state index in [4.69, 9.17) is 11.6 Å². The molecule has 1 aliphatic rings. The average Bonchev–Trinajstić information content (AvgIpc) is 3.19. The highest BCUT2D eigenvalue weighted by Crippen LogP contribution is 2.20. The molecular weight excluding hydrogens is 424 g/mol. The Morgan fingerprint density at radius 3 is 2.77 bits per heavy atom. The maximum Gasteiger partial charge on any atom is 0.258 e. The number of rotatable bonds is 5. The molecule has 10 heteroatoms. The zero-order valence-corrected chi connectivity index (χ0v) is 17.6. The van der Waals surface area contributed by atoms with Crippen molar-refractivity contribution >= 4 is 39.5 Å². The van der Waals surface area contributed by atoms with Gasteiger partial charge >= 0.3 is 0 Å². The quantitative estimate of drug-likeness (QED) is 0.649. The van der Waals surface area contributed by atoms with Gasteiger partial charge in [-0.2, -0.15) is 5.26 Å². The summed E-state index contributed by atoms with van der Waals surface area (Å²) in [6.07, 6.45) is 1.73. The molecule has 154 valence electrons. The van der Waals surface area contributed by atoms with Gasteiger partial charge in [-0.1, -0.05) is 11.6 Å². The number of amides is 1. The number of hydrogen-bond donors (Lipinski definition) is 1. The van der Waals surface area contributed by atoms with Gasteiger partial charge in [0.25, 0.3) is 5.56 Å². The molecule has 3 aromatic rings. The van der Waals surface area contributed by atoms with Crippen molar-refractivity contribution in [3.8, 4) is 6.07 Å². The molecule has 3 heterocycles. The zero-order chi connectivity index (χ0) is 21.1. The van der Waals surface area contributed by atoms with Crippen LogP contribution in [0.4, 0.5) is 5.69 Å². The Hall–Kier alpha value is -2.77.